The van der Waals surface area contributed by atoms with Gasteiger partial charge < -0.3 is 9.32 Å². The Bertz CT molecular complexity index is 618. The molecule has 1 aliphatic rings. The number of furan rings is 1. The number of hydrogen-bond acceptors (Lipinski definition) is 4. The molecular formula is C15H18F3N3O2. The Morgan fingerprint density at radius 3 is 2.70 bits per heavy atom. The zero-order chi connectivity index (χ0) is 17.2. The molecule has 1 atom stereocenters. The Morgan fingerprint density at radius 2 is 2.13 bits per heavy atom. The van der Waals surface area contributed by atoms with Crippen LogP contribution >= 0.6 is 0 Å². The largest absolute Gasteiger partial charge is 0.450 e. The second-order valence-corrected chi connectivity index (χ2v) is 5.90. The summed E-state index contributed by atoms with van der Waals surface area (Å²) in [4.78, 5) is 15.4. The fourth-order valence-electron chi connectivity index (χ4n) is 2.82. The number of nitrogens with zero attached hydrogens (tertiary/aromatic N) is 3. The average Bonchev–Trinajstić information content (AvgIpc) is 2.71. The van der Waals surface area contributed by atoms with Crippen LogP contribution in [-0.2, 0) is 0 Å². The van der Waals surface area contributed by atoms with Crippen molar-refractivity contribution >= 4 is 5.91 Å². The SMILES string of the molecule is Cc1oc(C#N)cc1C(=O)N1CCN(CC(F)(F)F)CC(C)C1. The summed E-state index contributed by atoms with van der Waals surface area (Å²) in [5.41, 5.74) is 0.290. The monoisotopic (exact) mass is 329 g/mol. The molecule has 1 fully saturated rings. The van der Waals surface area contributed by atoms with Gasteiger partial charge in [0, 0.05) is 32.2 Å². The van der Waals surface area contributed by atoms with Crippen molar-refractivity contribution in [2.24, 2.45) is 5.92 Å². The summed E-state index contributed by atoms with van der Waals surface area (Å²) in [5.74, 6) is 0.00270. The van der Waals surface area contributed by atoms with Crippen LogP contribution in [0.3, 0.4) is 0 Å². The van der Waals surface area contributed by atoms with E-state index in [0.29, 0.717) is 12.3 Å². The molecule has 1 aromatic heterocycles. The van der Waals surface area contributed by atoms with Crippen molar-refractivity contribution in [2.75, 3.05) is 32.7 Å². The lowest BCUT2D eigenvalue weighted by Crippen LogP contribution is -2.38. The van der Waals surface area contributed by atoms with Crippen molar-refractivity contribution in [3.05, 3.63) is 23.2 Å². The lowest BCUT2D eigenvalue weighted by Gasteiger charge is -2.22. The first-order chi connectivity index (χ1) is 10.7. The number of amides is 1. The van der Waals surface area contributed by atoms with Gasteiger partial charge in [0.2, 0.25) is 5.76 Å². The van der Waals surface area contributed by atoms with Crippen LogP contribution in [0.5, 0.6) is 0 Å². The van der Waals surface area contributed by atoms with Gasteiger partial charge in [-0.05, 0) is 12.8 Å². The first-order valence-electron chi connectivity index (χ1n) is 7.28. The molecule has 126 valence electrons. The van der Waals surface area contributed by atoms with Crippen LogP contribution in [0.4, 0.5) is 13.2 Å². The van der Waals surface area contributed by atoms with Crippen LogP contribution in [0.25, 0.3) is 0 Å². The minimum Gasteiger partial charge on any atom is -0.450 e. The molecule has 0 saturated carbocycles. The number of carbonyl (C=O) groups is 1. The van der Waals surface area contributed by atoms with E-state index in [1.165, 1.54) is 15.9 Å². The molecule has 1 aliphatic heterocycles. The first kappa shape index (κ1) is 17.3. The zero-order valence-electron chi connectivity index (χ0n) is 13.0. The van der Waals surface area contributed by atoms with Crippen LogP contribution in [0.2, 0.25) is 0 Å². The van der Waals surface area contributed by atoms with E-state index in [0.717, 1.165) is 0 Å². The van der Waals surface area contributed by atoms with Gasteiger partial charge in [0.25, 0.3) is 5.91 Å². The standard InChI is InChI=1S/C15H18F3N3O2/c1-10-7-20(9-15(16,17)18)3-4-21(8-10)14(22)13-5-12(6-19)23-11(13)2/h5,10H,3-4,7-9H2,1-2H3. The first-order valence-corrected chi connectivity index (χ1v) is 7.28. The van der Waals surface area contributed by atoms with Crippen molar-refractivity contribution in [1.82, 2.24) is 9.80 Å². The maximum absolute atomic E-state index is 12.6. The van der Waals surface area contributed by atoms with Gasteiger partial charge in [-0.3, -0.25) is 9.69 Å². The third-order valence-corrected chi connectivity index (χ3v) is 3.74. The van der Waals surface area contributed by atoms with Crippen LogP contribution in [-0.4, -0.2) is 54.6 Å². The number of rotatable bonds is 2. The summed E-state index contributed by atoms with van der Waals surface area (Å²) in [6.07, 6.45) is -4.25. The van der Waals surface area contributed by atoms with E-state index in [2.05, 4.69) is 0 Å². The van der Waals surface area contributed by atoms with E-state index in [1.807, 2.05) is 13.0 Å². The number of halogens is 3. The minimum atomic E-state index is -4.25. The second-order valence-electron chi connectivity index (χ2n) is 5.90. The molecule has 1 unspecified atom stereocenters. The van der Waals surface area contributed by atoms with Crippen LogP contribution < -0.4 is 0 Å². The molecular weight excluding hydrogens is 311 g/mol. The summed E-state index contributed by atoms with van der Waals surface area (Å²) in [5, 5.41) is 8.82. The second kappa shape index (κ2) is 6.62. The van der Waals surface area contributed by atoms with Gasteiger partial charge in [-0.15, -0.1) is 0 Å². The lowest BCUT2D eigenvalue weighted by atomic mass is 10.1. The molecule has 2 heterocycles. The van der Waals surface area contributed by atoms with Gasteiger partial charge in [-0.2, -0.15) is 18.4 Å². The highest BCUT2D eigenvalue weighted by molar-refractivity contribution is 5.95. The molecule has 1 saturated heterocycles. The number of aryl methyl sites for hydroxylation is 1. The van der Waals surface area contributed by atoms with Crippen molar-refractivity contribution in [2.45, 2.75) is 20.0 Å². The highest BCUT2D eigenvalue weighted by atomic mass is 19.4. The lowest BCUT2D eigenvalue weighted by molar-refractivity contribution is -0.146. The maximum atomic E-state index is 12.6. The summed E-state index contributed by atoms with van der Waals surface area (Å²) >= 11 is 0. The zero-order valence-corrected chi connectivity index (χ0v) is 13.0. The molecule has 1 aromatic rings. The van der Waals surface area contributed by atoms with E-state index in [-0.39, 0.29) is 42.8 Å². The van der Waals surface area contributed by atoms with Crippen molar-refractivity contribution in [1.29, 1.82) is 5.26 Å². The third-order valence-electron chi connectivity index (χ3n) is 3.74. The Morgan fingerprint density at radius 1 is 1.43 bits per heavy atom. The van der Waals surface area contributed by atoms with Gasteiger partial charge in [0.1, 0.15) is 11.8 Å². The Kier molecular flexibility index (Phi) is 5.00. The predicted octanol–water partition coefficient (Wildman–Crippen LogP) is 2.42. The molecule has 0 radical (unpaired) electrons. The predicted molar refractivity (Wildman–Crippen MR) is 75.7 cm³/mol. The number of hydrogen-bond donors (Lipinski definition) is 0. The van der Waals surface area contributed by atoms with Gasteiger partial charge >= 0.3 is 6.18 Å². The van der Waals surface area contributed by atoms with Crippen molar-refractivity contribution in [3.63, 3.8) is 0 Å². The third kappa shape index (κ3) is 4.48. The minimum absolute atomic E-state index is 0.0485. The molecule has 5 nitrogen and oxygen atoms in total. The quantitative estimate of drug-likeness (QED) is 0.836. The van der Waals surface area contributed by atoms with Crippen LogP contribution in [0.1, 0.15) is 28.8 Å². The Balaban J connectivity index is 2.10. The van der Waals surface area contributed by atoms with E-state index in [1.54, 1.807) is 6.92 Å². The molecule has 0 bridgehead atoms. The fraction of sp³-hybridized carbons (Fsp3) is 0.600. The number of nitriles is 1. The maximum Gasteiger partial charge on any atom is 0.401 e. The summed E-state index contributed by atoms with van der Waals surface area (Å²) in [6.45, 7) is 3.48. The molecule has 0 spiro atoms. The van der Waals surface area contributed by atoms with Gasteiger partial charge in [0.15, 0.2) is 0 Å². The molecule has 0 N–H and O–H groups in total. The van der Waals surface area contributed by atoms with Gasteiger partial charge in [0.05, 0.1) is 12.1 Å². The van der Waals surface area contributed by atoms with Crippen LogP contribution in [0.15, 0.2) is 10.5 Å². The fourth-order valence-corrected chi connectivity index (χ4v) is 2.82. The summed E-state index contributed by atoms with van der Waals surface area (Å²) < 4.78 is 42.8. The normalized spacial score (nSPS) is 20.2. The number of carbonyl (C=O) groups excluding carboxylic acids is 1. The summed E-state index contributed by atoms with van der Waals surface area (Å²) in [7, 11) is 0. The molecule has 2 rings (SSSR count). The average molecular weight is 329 g/mol. The molecule has 0 aliphatic carbocycles. The van der Waals surface area contributed by atoms with Crippen LogP contribution in [0, 0.1) is 24.2 Å². The summed E-state index contributed by atoms with van der Waals surface area (Å²) in [6, 6.07) is 3.20. The van der Waals surface area contributed by atoms with Gasteiger partial charge in [-0.25, -0.2) is 0 Å². The van der Waals surface area contributed by atoms with Gasteiger partial charge in [-0.1, -0.05) is 6.92 Å². The van der Waals surface area contributed by atoms with Crippen molar-refractivity contribution in [3.8, 4) is 6.07 Å². The Hall–Kier alpha value is -2.01. The van der Waals surface area contributed by atoms with E-state index >= 15 is 0 Å². The van der Waals surface area contributed by atoms with E-state index in [9.17, 15) is 18.0 Å². The van der Waals surface area contributed by atoms with Crippen molar-refractivity contribution < 1.29 is 22.4 Å². The highest BCUT2D eigenvalue weighted by Gasteiger charge is 2.33. The smallest absolute Gasteiger partial charge is 0.401 e. The molecule has 0 aromatic carbocycles. The molecule has 8 heteroatoms. The highest BCUT2D eigenvalue weighted by Crippen LogP contribution is 2.21. The topological polar surface area (TPSA) is 60.5 Å². The molecule has 1 amide bonds. The van der Waals surface area contributed by atoms with E-state index in [4.69, 9.17) is 9.68 Å². The van der Waals surface area contributed by atoms with E-state index < -0.39 is 12.7 Å². The molecule has 23 heavy (non-hydrogen) atoms. The number of alkyl halides is 3. The Labute approximate surface area is 132 Å².